The Morgan fingerprint density at radius 1 is 1.35 bits per heavy atom. The molecule has 0 saturated carbocycles. The van der Waals surface area contributed by atoms with Crippen LogP contribution in [0.3, 0.4) is 0 Å². The number of rotatable bonds is 6. The molecule has 3 N–H and O–H groups in total. The summed E-state index contributed by atoms with van der Waals surface area (Å²) in [5.41, 5.74) is 0.659. The van der Waals surface area contributed by atoms with Crippen molar-refractivity contribution in [3.05, 3.63) is 42.0 Å². The molecule has 2 amide bonds. The number of likely N-dealkylation sites (tertiary alicyclic amines) is 1. The second-order valence-electron chi connectivity index (χ2n) is 8.83. The molecular weight excluding hydrogens is 403 g/mol. The fraction of sp³-hybridized carbons (Fsp3) is 0.524. The van der Waals surface area contributed by atoms with Crippen LogP contribution in [0.2, 0.25) is 0 Å². The third-order valence-corrected chi connectivity index (χ3v) is 5.29. The number of aliphatic hydroxyl groups excluding tert-OH is 1. The van der Waals surface area contributed by atoms with Crippen LogP contribution in [0.15, 0.2) is 30.5 Å². The first-order chi connectivity index (χ1) is 14.6. The number of aromatic nitrogens is 3. The van der Waals surface area contributed by atoms with Crippen molar-refractivity contribution >= 4 is 17.5 Å². The maximum Gasteiger partial charge on any atom is 0.248 e. The predicted octanol–water partition coefficient (Wildman–Crippen LogP) is 1.32. The minimum atomic E-state index is -0.756. The number of benzene rings is 1. The highest BCUT2D eigenvalue weighted by atomic mass is 19.1. The fourth-order valence-corrected chi connectivity index (χ4v) is 3.82. The van der Waals surface area contributed by atoms with Crippen molar-refractivity contribution in [1.82, 2.24) is 25.2 Å². The molecule has 1 fully saturated rings. The summed E-state index contributed by atoms with van der Waals surface area (Å²) in [5, 5.41) is 24.0. The van der Waals surface area contributed by atoms with Gasteiger partial charge in [-0.1, -0.05) is 32.1 Å². The summed E-state index contributed by atoms with van der Waals surface area (Å²) in [6.07, 6.45) is 1.11. The first kappa shape index (κ1) is 22.7. The normalized spacial score (nSPS) is 19.9. The summed E-state index contributed by atoms with van der Waals surface area (Å²) in [7, 11) is 1.51. The molecule has 1 aliphatic heterocycles. The SMILES string of the molecule is CNC(=O)[C@@H]1C[C@@H](O)CN1C(=O)[C@@H](n1cc(CNc2cccc(F)c2)nn1)C(C)(C)C. The standard InChI is InChI=1S/C21H29FN6O3/c1-21(2,3)18(20(31)27-12-16(29)9-17(27)19(30)23-4)28-11-15(25-26-28)10-24-14-7-5-6-13(22)8-14/h5-8,11,16-18,24,29H,9-10,12H2,1-4H3,(H,23,30)/t16-,17+,18-/m1/s1. The molecule has 0 unspecified atom stereocenters. The van der Waals surface area contributed by atoms with Gasteiger partial charge in [0.1, 0.15) is 23.6 Å². The molecule has 9 nitrogen and oxygen atoms in total. The third kappa shape index (κ3) is 5.19. The van der Waals surface area contributed by atoms with E-state index in [0.29, 0.717) is 17.9 Å². The van der Waals surface area contributed by atoms with Crippen molar-refractivity contribution in [3.8, 4) is 0 Å². The van der Waals surface area contributed by atoms with Crippen molar-refractivity contribution in [1.29, 1.82) is 0 Å². The van der Waals surface area contributed by atoms with Crippen LogP contribution >= 0.6 is 0 Å². The van der Waals surface area contributed by atoms with E-state index in [1.807, 2.05) is 20.8 Å². The van der Waals surface area contributed by atoms with Gasteiger partial charge in [0.25, 0.3) is 0 Å². The Labute approximate surface area is 180 Å². The summed E-state index contributed by atoms with van der Waals surface area (Å²) in [4.78, 5) is 27.2. The van der Waals surface area contributed by atoms with Gasteiger partial charge in [0.05, 0.1) is 18.8 Å². The lowest BCUT2D eigenvalue weighted by Crippen LogP contribution is -2.49. The second-order valence-corrected chi connectivity index (χ2v) is 8.83. The monoisotopic (exact) mass is 432 g/mol. The van der Waals surface area contributed by atoms with Crippen LogP contribution in [0.5, 0.6) is 0 Å². The molecule has 0 spiro atoms. The zero-order valence-corrected chi connectivity index (χ0v) is 18.2. The van der Waals surface area contributed by atoms with E-state index in [1.165, 1.54) is 28.8 Å². The highest BCUT2D eigenvalue weighted by molar-refractivity contribution is 5.90. The number of carbonyl (C=O) groups excluding carboxylic acids is 2. The minimum absolute atomic E-state index is 0.0895. The number of β-amino-alcohol motifs (C(OH)–C–C–N with tert-alkyl or cyclic N) is 1. The van der Waals surface area contributed by atoms with Gasteiger partial charge < -0.3 is 20.6 Å². The van der Waals surface area contributed by atoms with E-state index in [-0.39, 0.29) is 30.6 Å². The minimum Gasteiger partial charge on any atom is -0.391 e. The number of hydrogen-bond acceptors (Lipinski definition) is 6. The second kappa shape index (κ2) is 9.01. The molecule has 0 radical (unpaired) electrons. The Morgan fingerprint density at radius 3 is 2.74 bits per heavy atom. The molecule has 1 saturated heterocycles. The van der Waals surface area contributed by atoms with Crippen LogP contribution in [0, 0.1) is 11.2 Å². The van der Waals surface area contributed by atoms with Gasteiger partial charge in [0.15, 0.2) is 0 Å². The number of carbonyl (C=O) groups is 2. The first-order valence-corrected chi connectivity index (χ1v) is 10.2. The Bertz CT molecular complexity index is 941. The van der Waals surface area contributed by atoms with E-state index in [1.54, 1.807) is 18.3 Å². The molecule has 3 rings (SSSR count). The van der Waals surface area contributed by atoms with Gasteiger partial charge in [-0.15, -0.1) is 5.10 Å². The summed E-state index contributed by atoms with van der Waals surface area (Å²) in [6, 6.07) is 4.64. The van der Waals surface area contributed by atoms with Gasteiger partial charge in [-0.05, 0) is 23.6 Å². The number of amides is 2. The lowest BCUT2D eigenvalue weighted by molar-refractivity contribution is -0.144. The van der Waals surface area contributed by atoms with E-state index in [4.69, 9.17) is 0 Å². The highest BCUT2D eigenvalue weighted by Gasteiger charge is 2.44. The zero-order valence-electron chi connectivity index (χ0n) is 18.2. The van der Waals surface area contributed by atoms with E-state index in [9.17, 15) is 19.1 Å². The summed E-state index contributed by atoms with van der Waals surface area (Å²) < 4.78 is 14.8. The number of aliphatic hydroxyl groups is 1. The topological polar surface area (TPSA) is 112 Å². The smallest absolute Gasteiger partial charge is 0.248 e. The van der Waals surface area contributed by atoms with Crippen molar-refractivity contribution in [2.45, 2.75) is 51.9 Å². The Kier molecular flexibility index (Phi) is 6.59. The summed E-state index contributed by atoms with van der Waals surface area (Å²) in [6.45, 7) is 6.11. The average Bonchev–Trinajstić information content (AvgIpc) is 3.31. The quantitative estimate of drug-likeness (QED) is 0.635. The average molecular weight is 433 g/mol. The Morgan fingerprint density at radius 2 is 2.10 bits per heavy atom. The van der Waals surface area contributed by atoms with Crippen LogP contribution in [0.4, 0.5) is 10.1 Å². The zero-order chi connectivity index (χ0) is 22.8. The molecule has 1 aromatic heterocycles. The van der Waals surface area contributed by atoms with Crippen LogP contribution < -0.4 is 10.6 Å². The number of hydrogen-bond donors (Lipinski definition) is 3. The number of nitrogens with zero attached hydrogens (tertiary/aromatic N) is 4. The molecule has 0 aliphatic carbocycles. The Balaban J connectivity index is 1.80. The molecule has 168 valence electrons. The van der Waals surface area contributed by atoms with E-state index < -0.39 is 23.6 Å². The van der Waals surface area contributed by atoms with Crippen molar-refractivity contribution in [3.63, 3.8) is 0 Å². The lowest BCUT2D eigenvalue weighted by atomic mass is 9.85. The fourth-order valence-electron chi connectivity index (χ4n) is 3.82. The number of halogens is 1. The molecule has 3 atom stereocenters. The van der Waals surface area contributed by atoms with Crippen LogP contribution in [-0.4, -0.2) is 62.6 Å². The predicted molar refractivity (Wildman–Crippen MR) is 112 cm³/mol. The largest absolute Gasteiger partial charge is 0.391 e. The van der Waals surface area contributed by atoms with Gasteiger partial charge in [-0.2, -0.15) is 0 Å². The molecule has 1 aromatic carbocycles. The molecular formula is C21H29FN6O3. The molecule has 0 bridgehead atoms. The molecule has 10 heteroatoms. The Hall–Kier alpha value is -3.01. The number of likely N-dealkylation sites (N-methyl/N-ethyl adjacent to an activating group) is 1. The van der Waals surface area contributed by atoms with Crippen LogP contribution in [0.1, 0.15) is 38.9 Å². The van der Waals surface area contributed by atoms with Crippen molar-refractivity contribution in [2.75, 3.05) is 18.9 Å². The maximum atomic E-state index is 13.5. The van der Waals surface area contributed by atoms with Gasteiger partial charge in [0.2, 0.25) is 11.8 Å². The molecule has 1 aliphatic rings. The van der Waals surface area contributed by atoms with Crippen molar-refractivity contribution < 1.29 is 19.1 Å². The third-order valence-electron chi connectivity index (χ3n) is 5.29. The summed E-state index contributed by atoms with van der Waals surface area (Å²) >= 11 is 0. The van der Waals surface area contributed by atoms with Gasteiger partial charge >= 0.3 is 0 Å². The first-order valence-electron chi connectivity index (χ1n) is 10.2. The van der Waals surface area contributed by atoms with Gasteiger partial charge in [0, 0.05) is 25.7 Å². The number of nitrogens with one attached hydrogen (secondary N) is 2. The van der Waals surface area contributed by atoms with Gasteiger partial charge in [-0.3, -0.25) is 9.59 Å². The number of anilines is 1. The van der Waals surface area contributed by atoms with Crippen molar-refractivity contribution in [2.24, 2.45) is 5.41 Å². The van der Waals surface area contributed by atoms with E-state index in [0.717, 1.165) is 0 Å². The lowest BCUT2D eigenvalue weighted by Gasteiger charge is -2.34. The molecule has 31 heavy (non-hydrogen) atoms. The van der Waals surface area contributed by atoms with E-state index >= 15 is 0 Å². The summed E-state index contributed by atoms with van der Waals surface area (Å²) in [5.74, 6) is -0.950. The molecule has 2 aromatic rings. The van der Waals surface area contributed by atoms with Crippen LogP contribution in [0.25, 0.3) is 0 Å². The maximum absolute atomic E-state index is 13.5. The van der Waals surface area contributed by atoms with Gasteiger partial charge in [-0.25, -0.2) is 9.07 Å². The molecule has 2 heterocycles. The highest BCUT2D eigenvalue weighted by Crippen LogP contribution is 2.34. The van der Waals surface area contributed by atoms with Crippen LogP contribution in [-0.2, 0) is 16.1 Å². The van der Waals surface area contributed by atoms with E-state index in [2.05, 4.69) is 20.9 Å².